The van der Waals surface area contributed by atoms with Gasteiger partial charge in [-0.05, 0) is 35.6 Å². The molecule has 1 aromatic heterocycles. The molecule has 1 aliphatic heterocycles. The lowest BCUT2D eigenvalue weighted by atomic mass is 10.1. The third kappa shape index (κ3) is 3.99. The smallest absolute Gasteiger partial charge is 0.324 e. The molecule has 0 bridgehead atoms. The van der Waals surface area contributed by atoms with Gasteiger partial charge in [0.25, 0.3) is 5.91 Å². The number of urea groups is 1. The summed E-state index contributed by atoms with van der Waals surface area (Å²) in [6.45, 7) is 0.289. The number of amides is 4. The molecular formula is C22H22N4O3. The Hall–Kier alpha value is -3.61. The molecule has 4 rings (SSSR count). The van der Waals surface area contributed by atoms with E-state index in [0.717, 1.165) is 16.5 Å². The van der Waals surface area contributed by atoms with Gasteiger partial charge in [-0.15, -0.1) is 0 Å². The lowest BCUT2D eigenvalue weighted by Crippen LogP contribution is -2.34. The minimum absolute atomic E-state index is 0.0996. The Morgan fingerprint density at radius 2 is 1.90 bits per heavy atom. The molecule has 4 amide bonds. The van der Waals surface area contributed by atoms with Crippen molar-refractivity contribution >= 4 is 34.4 Å². The zero-order valence-corrected chi connectivity index (χ0v) is 16.1. The molecule has 2 aromatic carbocycles. The average Bonchev–Trinajstić information content (AvgIpc) is 3.20. The highest BCUT2D eigenvalue weighted by molar-refractivity contribution is 6.07. The second kappa shape index (κ2) is 7.79. The third-order valence-corrected chi connectivity index (χ3v) is 5.14. The van der Waals surface area contributed by atoms with E-state index < -0.39 is 12.1 Å². The number of benzene rings is 2. The van der Waals surface area contributed by atoms with Crippen LogP contribution in [0.3, 0.4) is 0 Å². The molecule has 2 heterocycles. The highest BCUT2D eigenvalue weighted by Gasteiger charge is 2.38. The Bertz CT molecular complexity index is 1070. The van der Waals surface area contributed by atoms with Crippen molar-refractivity contribution in [1.82, 2.24) is 14.8 Å². The molecule has 0 saturated carbocycles. The molecule has 3 aromatic rings. The number of carbonyl (C=O) groups is 3. The van der Waals surface area contributed by atoms with E-state index in [1.54, 1.807) is 0 Å². The van der Waals surface area contributed by atoms with Gasteiger partial charge in [0.05, 0.1) is 6.42 Å². The van der Waals surface area contributed by atoms with E-state index in [9.17, 15) is 14.4 Å². The maximum atomic E-state index is 12.6. The van der Waals surface area contributed by atoms with E-state index >= 15 is 0 Å². The minimum atomic E-state index is -0.836. The SMILES string of the molecule is Cn1ccc2ccc(NC(=O)CC3NC(=O)N(CCc4ccccc4)C3=O)cc21. The second-order valence-corrected chi connectivity index (χ2v) is 7.18. The zero-order chi connectivity index (χ0) is 20.4. The number of aromatic nitrogens is 1. The number of hydrogen-bond donors (Lipinski definition) is 2. The van der Waals surface area contributed by atoms with E-state index in [2.05, 4.69) is 10.6 Å². The van der Waals surface area contributed by atoms with Crippen molar-refractivity contribution in [3.05, 3.63) is 66.4 Å². The maximum Gasteiger partial charge on any atom is 0.324 e. The Morgan fingerprint density at radius 1 is 1.10 bits per heavy atom. The Kier molecular flexibility index (Phi) is 5.03. The monoisotopic (exact) mass is 390 g/mol. The van der Waals surface area contributed by atoms with Gasteiger partial charge in [-0.2, -0.15) is 0 Å². The van der Waals surface area contributed by atoms with Crippen LogP contribution in [0.2, 0.25) is 0 Å². The fourth-order valence-corrected chi connectivity index (χ4v) is 3.55. The lowest BCUT2D eigenvalue weighted by Gasteiger charge is -2.13. The van der Waals surface area contributed by atoms with Gasteiger partial charge in [0, 0.05) is 31.0 Å². The minimum Gasteiger partial charge on any atom is -0.350 e. The summed E-state index contributed by atoms with van der Waals surface area (Å²) >= 11 is 0. The fraction of sp³-hybridized carbons (Fsp3) is 0.227. The van der Waals surface area contributed by atoms with Crippen LogP contribution in [-0.2, 0) is 23.1 Å². The topological polar surface area (TPSA) is 83.4 Å². The predicted molar refractivity (Wildman–Crippen MR) is 110 cm³/mol. The van der Waals surface area contributed by atoms with Crippen molar-refractivity contribution in [2.24, 2.45) is 7.05 Å². The van der Waals surface area contributed by atoms with Crippen LogP contribution in [0.1, 0.15) is 12.0 Å². The molecule has 148 valence electrons. The number of carbonyl (C=O) groups excluding carboxylic acids is 3. The van der Waals surface area contributed by atoms with E-state index in [-0.39, 0.29) is 24.8 Å². The molecule has 7 nitrogen and oxygen atoms in total. The molecular weight excluding hydrogens is 368 g/mol. The van der Waals surface area contributed by atoms with Crippen LogP contribution in [0, 0.1) is 0 Å². The molecule has 7 heteroatoms. The molecule has 0 aliphatic carbocycles. The van der Waals surface area contributed by atoms with E-state index in [1.807, 2.05) is 72.4 Å². The van der Waals surface area contributed by atoms with Crippen LogP contribution in [0.15, 0.2) is 60.8 Å². The molecule has 0 spiro atoms. The van der Waals surface area contributed by atoms with Crippen LogP contribution in [0.4, 0.5) is 10.5 Å². The number of nitrogens with one attached hydrogen (secondary N) is 2. The van der Waals surface area contributed by atoms with Gasteiger partial charge >= 0.3 is 6.03 Å². The highest BCUT2D eigenvalue weighted by atomic mass is 16.2. The molecule has 1 unspecified atom stereocenters. The third-order valence-electron chi connectivity index (χ3n) is 5.14. The normalized spacial score (nSPS) is 16.3. The standard InChI is InChI=1S/C22H22N4O3/c1-25-11-10-16-7-8-17(13-19(16)25)23-20(27)14-18-21(28)26(22(29)24-18)12-9-15-5-3-2-4-6-15/h2-8,10-11,13,18H,9,12,14H2,1H3,(H,23,27)(H,24,29). The summed E-state index contributed by atoms with van der Waals surface area (Å²) in [4.78, 5) is 38.3. The van der Waals surface area contributed by atoms with Crippen LogP contribution >= 0.6 is 0 Å². The fourth-order valence-electron chi connectivity index (χ4n) is 3.55. The Balaban J connectivity index is 1.36. The second-order valence-electron chi connectivity index (χ2n) is 7.18. The number of aryl methyl sites for hydroxylation is 1. The van der Waals surface area contributed by atoms with E-state index in [4.69, 9.17) is 0 Å². The molecule has 1 aliphatic rings. The van der Waals surface area contributed by atoms with Gasteiger partial charge in [-0.1, -0.05) is 36.4 Å². The van der Waals surface area contributed by atoms with Gasteiger partial charge in [-0.3, -0.25) is 14.5 Å². The average molecular weight is 390 g/mol. The van der Waals surface area contributed by atoms with Crippen molar-refractivity contribution in [3.8, 4) is 0 Å². The molecule has 1 saturated heterocycles. The Labute approximate surface area is 168 Å². The number of imide groups is 1. The number of nitrogens with zero attached hydrogens (tertiary/aromatic N) is 2. The zero-order valence-electron chi connectivity index (χ0n) is 16.1. The molecule has 1 fully saturated rings. The number of anilines is 1. The molecule has 0 radical (unpaired) electrons. The summed E-state index contributed by atoms with van der Waals surface area (Å²) < 4.78 is 1.97. The summed E-state index contributed by atoms with van der Waals surface area (Å²) in [6.07, 6.45) is 2.43. The number of hydrogen-bond acceptors (Lipinski definition) is 3. The molecule has 2 N–H and O–H groups in total. The first-order chi connectivity index (χ1) is 14.0. The van der Waals surface area contributed by atoms with Crippen LogP contribution in [0.25, 0.3) is 10.9 Å². The van der Waals surface area contributed by atoms with Gasteiger partial charge in [0.1, 0.15) is 6.04 Å². The van der Waals surface area contributed by atoms with E-state index in [1.165, 1.54) is 4.90 Å². The molecule has 1 atom stereocenters. The highest BCUT2D eigenvalue weighted by Crippen LogP contribution is 2.20. The van der Waals surface area contributed by atoms with Crippen molar-refractivity contribution < 1.29 is 14.4 Å². The first-order valence-electron chi connectivity index (χ1n) is 9.52. The summed E-state index contributed by atoms with van der Waals surface area (Å²) in [5.74, 6) is -0.680. The Morgan fingerprint density at radius 3 is 2.69 bits per heavy atom. The summed E-state index contributed by atoms with van der Waals surface area (Å²) in [5, 5.41) is 6.51. The molecule has 29 heavy (non-hydrogen) atoms. The van der Waals surface area contributed by atoms with Crippen LogP contribution < -0.4 is 10.6 Å². The van der Waals surface area contributed by atoms with Gasteiger partial charge < -0.3 is 15.2 Å². The number of fused-ring (bicyclic) bond motifs is 1. The lowest BCUT2D eigenvalue weighted by molar-refractivity contribution is -0.129. The van der Waals surface area contributed by atoms with Crippen molar-refractivity contribution in [3.63, 3.8) is 0 Å². The first-order valence-corrected chi connectivity index (χ1v) is 9.52. The summed E-state index contributed by atoms with van der Waals surface area (Å²) in [6, 6.07) is 16.0. The predicted octanol–water partition coefficient (Wildman–Crippen LogP) is 2.67. The largest absolute Gasteiger partial charge is 0.350 e. The van der Waals surface area contributed by atoms with Crippen molar-refractivity contribution in [2.45, 2.75) is 18.9 Å². The van der Waals surface area contributed by atoms with Crippen molar-refractivity contribution in [2.75, 3.05) is 11.9 Å². The summed E-state index contributed by atoms with van der Waals surface area (Å²) in [5.41, 5.74) is 2.70. The summed E-state index contributed by atoms with van der Waals surface area (Å²) in [7, 11) is 1.94. The van der Waals surface area contributed by atoms with Crippen LogP contribution in [0.5, 0.6) is 0 Å². The maximum absolute atomic E-state index is 12.6. The first kappa shape index (κ1) is 18.7. The quantitative estimate of drug-likeness (QED) is 0.635. The van der Waals surface area contributed by atoms with Gasteiger partial charge in [0.15, 0.2) is 0 Å². The van der Waals surface area contributed by atoms with Crippen LogP contribution in [-0.4, -0.2) is 39.9 Å². The van der Waals surface area contributed by atoms with E-state index in [0.29, 0.717) is 12.1 Å². The van der Waals surface area contributed by atoms with Crippen molar-refractivity contribution in [1.29, 1.82) is 0 Å². The van der Waals surface area contributed by atoms with Gasteiger partial charge in [0.2, 0.25) is 5.91 Å². The van der Waals surface area contributed by atoms with Gasteiger partial charge in [-0.25, -0.2) is 4.79 Å². The number of rotatable bonds is 6.